The number of benzene rings is 1. The number of carbonyl (C=O) groups excluding carboxylic acids is 1. The lowest BCUT2D eigenvalue weighted by Crippen LogP contribution is -2.48. The van der Waals surface area contributed by atoms with Crippen LogP contribution >= 0.6 is 0 Å². The maximum Gasteiger partial charge on any atom is 0.224 e. The summed E-state index contributed by atoms with van der Waals surface area (Å²) in [5.74, 6) is 0.967. The Bertz CT molecular complexity index is 484. The molecule has 1 aromatic rings. The van der Waals surface area contributed by atoms with Gasteiger partial charge in [0.05, 0.1) is 6.42 Å². The average molecular weight is 273 g/mol. The quantitative estimate of drug-likeness (QED) is 0.888. The number of hydrogen-bond donors (Lipinski definition) is 1. The van der Waals surface area contributed by atoms with Crippen molar-refractivity contribution in [3.8, 4) is 0 Å². The van der Waals surface area contributed by atoms with Crippen molar-refractivity contribution in [1.29, 1.82) is 0 Å². The molecular weight excluding hydrogens is 246 g/mol. The van der Waals surface area contributed by atoms with Gasteiger partial charge in [-0.2, -0.15) is 0 Å². The topological polar surface area (TPSA) is 29.1 Å². The van der Waals surface area contributed by atoms with Crippen LogP contribution in [0.25, 0.3) is 0 Å². The second-order valence-corrected chi connectivity index (χ2v) is 6.90. The minimum atomic E-state index is 0.00131. The Morgan fingerprint density at radius 1 is 1.30 bits per heavy atom. The summed E-state index contributed by atoms with van der Waals surface area (Å²) in [6.07, 6.45) is 5.15. The molecule has 0 bridgehead atoms. The van der Waals surface area contributed by atoms with E-state index in [1.807, 2.05) is 0 Å². The predicted molar refractivity (Wildman–Crippen MR) is 83.8 cm³/mol. The minimum Gasteiger partial charge on any atom is -0.351 e. The fourth-order valence-electron chi connectivity index (χ4n) is 3.07. The summed E-state index contributed by atoms with van der Waals surface area (Å²) >= 11 is 0. The lowest BCUT2D eigenvalue weighted by atomic mass is 9.78. The third kappa shape index (κ3) is 3.84. The monoisotopic (exact) mass is 273 g/mol. The molecule has 1 amide bonds. The lowest BCUT2D eigenvalue weighted by molar-refractivity contribution is -0.122. The van der Waals surface area contributed by atoms with Gasteiger partial charge in [0.1, 0.15) is 0 Å². The van der Waals surface area contributed by atoms with Crippen molar-refractivity contribution in [3.63, 3.8) is 0 Å². The van der Waals surface area contributed by atoms with Gasteiger partial charge in [-0.15, -0.1) is 0 Å². The summed E-state index contributed by atoms with van der Waals surface area (Å²) < 4.78 is 0. The Balaban J connectivity index is 1.97. The molecule has 0 unspecified atom stereocenters. The molecule has 0 atom stereocenters. The fraction of sp³-hybridized carbons (Fsp3) is 0.611. The molecule has 1 aromatic carbocycles. The standard InChI is InChI=1S/C18H27NO/c1-13-7-9-18(4,10-8-13)19-17(20)12-16-11-14(2)5-6-15(16)3/h5-6,11,13H,7-10,12H2,1-4H3,(H,19,20). The molecular formula is C18H27NO. The van der Waals surface area contributed by atoms with Crippen LogP contribution in [-0.2, 0) is 11.2 Å². The van der Waals surface area contributed by atoms with Crippen molar-refractivity contribution in [3.05, 3.63) is 34.9 Å². The van der Waals surface area contributed by atoms with Crippen molar-refractivity contribution < 1.29 is 4.79 Å². The van der Waals surface area contributed by atoms with E-state index in [9.17, 15) is 4.79 Å². The van der Waals surface area contributed by atoms with Gasteiger partial charge < -0.3 is 5.32 Å². The van der Waals surface area contributed by atoms with Gasteiger partial charge in [0.2, 0.25) is 5.91 Å². The van der Waals surface area contributed by atoms with Gasteiger partial charge in [0.25, 0.3) is 0 Å². The fourth-order valence-corrected chi connectivity index (χ4v) is 3.07. The van der Waals surface area contributed by atoms with Crippen LogP contribution in [0.15, 0.2) is 18.2 Å². The van der Waals surface area contributed by atoms with E-state index in [1.165, 1.54) is 24.0 Å². The molecule has 2 nitrogen and oxygen atoms in total. The molecule has 2 heteroatoms. The maximum atomic E-state index is 12.3. The van der Waals surface area contributed by atoms with Gasteiger partial charge in [-0.05, 0) is 63.5 Å². The van der Waals surface area contributed by atoms with Crippen LogP contribution in [-0.4, -0.2) is 11.4 Å². The van der Waals surface area contributed by atoms with Crippen LogP contribution in [0.5, 0.6) is 0 Å². The van der Waals surface area contributed by atoms with Gasteiger partial charge in [-0.25, -0.2) is 0 Å². The van der Waals surface area contributed by atoms with Crippen LogP contribution in [0.2, 0.25) is 0 Å². The van der Waals surface area contributed by atoms with Crippen molar-refractivity contribution in [2.75, 3.05) is 0 Å². The van der Waals surface area contributed by atoms with E-state index in [4.69, 9.17) is 0 Å². The summed E-state index contributed by atoms with van der Waals surface area (Å²) in [5, 5.41) is 3.27. The van der Waals surface area contributed by atoms with Crippen LogP contribution in [0.4, 0.5) is 0 Å². The molecule has 0 spiro atoms. The number of rotatable bonds is 3. The van der Waals surface area contributed by atoms with Gasteiger partial charge >= 0.3 is 0 Å². The average Bonchev–Trinajstić information content (AvgIpc) is 2.37. The number of amides is 1. The van der Waals surface area contributed by atoms with E-state index in [2.05, 4.69) is 51.2 Å². The number of nitrogens with one attached hydrogen (secondary N) is 1. The van der Waals surface area contributed by atoms with E-state index in [-0.39, 0.29) is 11.4 Å². The highest BCUT2D eigenvalue weighted by Crippen LogP contribution is 2.31. The van der Waals surface area contributed by atoms with E-state index >= 15 is 0 Å². The van der Waals surface area contributed by atoms with E-state index in [0.717, 1.165) is 24.3 Å². The zero-order valence-corrected chi connectivity index (χ0v) is 13.3. The molecule has 0 radical (unpaired) electrons. The summed E-state index contributed by atoms with van der Waals surface area (Å²) in [4.78, 5) is 12.3. The molecule has 0 heterocycles. The Hall–Kier alpha value is -1.31. The van der Waals surface area contributed by atoms with Crippen LogP contribution in [0.1, 0.15) is 56.2 Å². The molecule has 1 aliphatic rings. The molecule has 0 aromatic heterocycles. The normalized spacial score (nSPS) is 26.3. The van der Waals surface area contributed by atoms with Crippen molar-refractivity contribution in [2.45, 2.75) is 65.3 Å². The first-order chi connectivity index (χ1) is 9.38. The van der Waals surface area contributed by atoms with Gasteiger partial charge in [0, 0.05) is 5.54 Å². The number of aryl methyl sites for hydroxylation is 2. The molecule has 0 aliphatic heterocycles. The molecule has 20 heavy (non-hydrogen) atoms. The first-order valence-electron chi connectivity index (χ1n) is 7.75. The van der Waals surface area contributed by atoms with Gasteiger partial charge in [0.15, 0.2) is 0 Å². The highest BCUT2D eigenvalue weighted by atomic mass is 16.1. The third-order valence-corrected chi connectivity index (χ3v) is 4.67. The van der Waals surface area contributed by atoms with Gasteiger partial charge in [-0.3, -0.25) is 4.79 Å². The summed E-state index contributed by atoms with van der Waals surface area (Å²) in [6.45, 7) is 8.65. The second-order valence-electron chi connectivity index (χ2n) is 6.90. The molecule has 0 saturated heterocycles. The molecule has 1 aliphatic carbocycles. The van der Waals surface area contributed by atoms with Crippen molar-refractivity contribution in [1.82, 2.24) is 5.32 Å². The summed E-state index contributed by atoms with van der Waals surface area (Å²) in [7, 11) is 0. The smallest absolute Gasteiger partial charge is 0.224 e. The largest absolute Gasteiger partial charge is 0.351 e. The van der Waals surface area contributed by atoms with Gasteiger partial charge in [-0.1, -0.05) is 30.7 Å². The molecule has 1 saturated carbocycles. The highest BCUT2D eigenvalue weighted by Gasteiger charge is 2.30. The summed E-state index contributed by atoms with van der Waals surface area (Å²) in [5.41, 5.74) is 3.57. The molecule has 1 N–H and O–H groups in total. The highest BCUT2D eigenvalue weighted by molar-refractivity contribution is 5.79. The van der Waals surface area contributed by atoms with E-state index < -0.39 is 0 Å². The third-order valence-electron chi connectivity index (χ3n) is 4.67. The molecule has 110 valence electrons. The Labute approximate surface area is 123 Å². The lowest BCUT2D eigenvalue weighted by Gasteiger charge is -2.37. The van der Waals surface area contributed by atoms with Crippen molar-refractivity contribution in [2.24, 2.45) is 5.92 Å². The first kappa shape index (κ1) is 15.1. The van der Waals surface area contributed by atoms with Crippen LogP contribution in [0.3, 0.4) is 0 Å². The Morgan fingerprint density at radius 3 is 2.60 bits per heavy atom. The molecule has 2 rings (SSSR count). The summed E-state index contributed by atoms with van der Waals surface area (Å²) in [6, 6.07) is 6.32. The SMILES string of the molecule is Cc1ccc(C)c(CC(=O)NC2(C)CCC(C)CC2)c1. The Kier molecular flexibility index (Phi) is 4.52. The maximum absolute atomic E-state index is 12.3. The van der Waals surface area contributed by atoms with E-state index in [1.54, 1.807) is 0 Å². The van der Waals surface area contributed by atoms with Crippen molar-refractivity contribution >= 4 is 5.91 Å². The number of carbonyl (C=O) groups is 1. The second kappa shape index (κ2) is 5.99. The van der Waals surface area contributed by atoms with E-state index in [0.29, 0.717) is 6.42 Å². The zero-order chi connectivity index (χ0) is 14.8. The minimum absolute atomic E-state index is 0.00131. The zero-order valence-electron chi connectivity index (χ0n) is 13.3. The Morgan fingerprint density at radius 2 is 1.95 bits per heavy atom. The first-order valence-corrected chi connectivity index (χ1v) is 7.75. The van der Waals surface area contributed by atoms with Crippen LogP contribution < -0.4 is 5.32 Å². The molecule has 1 fully saturated rings. The number of hydrogen-bond acceptors (Lipinski definition) is 1. The van der Waals surface area contributed by atoms with Crippen LogP contribution in [0, 0.1) is 19.8 Å². The predicted octanol–water partition coefficient (Wildman–Crippen LogP) is 3.93.